The number of likely N-dealkylation sites (tertiary alicyclic amines) is 1. The zero-order valence-electron chi connectivity index (χ0n) is 11.3. The van der Waals surface area contributed by atoms with E-state index in [1.807, 2.05) is 42.3 Å². The van der Waals surface area contributed by atoms with Crippen LogP contribution in [0, 0.1) is 5.41 Å². The second kappa shape index (κ2) is 4.85. The number of carbonyl (C=O) groups is 1. The summed E-state index contributed by atoms with van der Waals surface area (Å²) in [6.07, 6.45) is 2.10. The molecule has 3 rings (SSSR count). The normalized spacial score (nSPS) is 28.7. The zero-order chi connectivity index (χ0) is 13.3. The number of carbonyl (C=O) groups excluding carboxylic acids is 1. The lowest BCUT2D eigenvalue weighted by Gasteiger charge is -2.16. The number of amides is 1. The van der Waals surface area contributed by atoms with E-state index in [0.717, 1.165) is 25.1 Å². The number of nitrogens with zero attached hydrogens (tertiary/aromatic N) is 1. The SMILES string of the molecule is CNC1CC12CCN(C(=O)OCc1ccccc1)C2. The van der Waals surface area contributed by atoms with Crippen molar-refractivity contribution in [1.29, 1.82) is 0 Å². The van der Waals surface area contributed by atoms with E-state index in [1.165, 1.54) is 6.42 Å². The van der Waals surface area contributed by atoms with E-state index in [0.29, 0.717) is 18.1 Å². The molecule has 1 N–H and O–H groups in total. The average Bonchev–Trinajstić information content (AvgIpc) is 2.96. The van der Waals surface area contributed by atoms with Gasteiger partial charge in [0.2, 0.25) is 0 Å². The zero-order valence-corrected chi connectivity index (χ0v) is 11.3. The molecule has 0 bridgehead atoms. The van der Waals surface area contributed by atoms with Crippen molar-refractivity contribution in [2.45, 2.75) is 25.5 Å². The highest BCUT2D eigenvalue weighted by molar-refractivity contribution is 5.68. The summed E-state index contributed by atoms with van der Waals surface area (Å²) in [5, 5.41) is 3.31. The predicted molar refractivity (Wildman–Crippen MR) is 72.7 cm³/mol. The first-order valence-corrected chi connectivity index (χ1v) is 6.86. The molecule has 4 heteroatoms. The molecular weight excluding hydrogens is 240 g/mol. The molecule has 1 aromatic rings. The molecule has 2 atom stereocenters. The number of ether oxygens (including phenoxy) is 1. The van der Waals surface area contributed by atoms with E-state index in [-0.39, 0.29) is 6.09 Å². The van der Waals surface area contributed by atoms with Crippen molar-refractivity contribution in [3.05, 3.63) is 35.9 Å². The lowest BCUT2D eigenvalue weighted by Crippen LogP contribution is -2.30. The molecule has 0 radical (unpaired) electrons. The van der Waals surface area contributed by atoms with Crippen LogP contribution >= 0.6 is 0 Å². The quantitative estimate of drug-likeness (QED) is 0.904. The van der Waals surface area contributed by atoms with E-state index < -0.39 is 0 Å². The summed E-state index contributed by atoms with van der Waals surface area (Å²) in [5.74, 6) is 0. The minimum absolute atomic E-state index is 0.178. The number of benzene rings is 1. The number of rotatable bonds is 3. The molecule has 1 aliphatic heterocycles. The Morgan fingerprint density at radius 3 is 2.95 bits per heavy atom. The maximum Gasteiger partial charge on any atom is 0.410 e. The van der Waals surface area contributed by atoms with Crippen LogP contribution in [0.2, 0.25) is 0 Å². The fourth-order valence-corrected chi connectivity index (χ4v) is 3.07. The molecule has 0 aromatic heterocycles. The van der Waals surface area contributed by atoms with Gasteiger partial charge in [-0.1, -0.05) is 30.3 Å². The molecule has 2 aliphatic rings. The lowest BCUT2D eigenvalue weighted by molar-refractivity contribution is 0.102. The van der Waals surface area contributed by atoms with Gasteiger partial charge in [-0.3, -0.25) is 0 Å². The lowest BCUT2D eigenvalue weighted by atomic mass is 10.1. The Hall–Kier alpha value is -1.55. The second-order valence-electron chi connectivity index (χ2n) is 5.62. The van der Waals surface area contributed by atoms with E-state index in [2.05, 4.69) is 5.32 Å². The third kappa shape index (κ3) is 2.45. The summed E-state index contributed by atoms with van der Waals surface area (Å²) in [6, 6.07) is 10.4. The van der Waals surface area contributed by atoms with Crippen molar-refractivity contribution < 1.29 is 9.53 Å². The Bertz CT molecular complexity index is 462. The van der Waals surface area contributed by atoms with Crippen molar-refractivity contribution >= 4 is 6.09 Å². The molecule has 1 heterocycles. The molecule has 102 valence electrons. The van der Waals surface area contributed by atoms with Crippen LogP contribution in [0.4, 0.5) is 4.79 Å². The first kappa shape index (κ1) is 12.5. The third-order valence-corrected chi connectivity index (χ3v) is 4.39. The summed E-state index contributed by atoms with van der Waals surface area (Å²) in [5.41, 5.74) is 1.37. The number of hydrogen-bond acceptors (Lipinski definition) is 3. The summed E-state index contributed by atoms with van der Waals surface area (Å²) in [7, 11) is 2.00. The van der Waals surface area contributed by atoms with Gasteiger partial charge in [-0.15, -0.1) is 0 Å². The van der Waals surface area contributed by atoms with Crippen LogP contribution in [0.1, 0.15) is 18.4 Å². The molecule has 1 aliphatic carbocycles. The van der Waals surface area contributed by atoms with Gasteiger partial charge in [0.1, 0.15) is 6.61 Å². The highest BCUT2D eigenvalue weighted by Gasteiger charge is 2.57. The van der Waals surface area contributed by atoms with Crippen LogP contribution < -0.4 is 5.32 Å². The van der Waals surface area contributed by atoms with Gasteiger partial charge in [0, 0.05) is 24.5 Å². The van der Waals surface area contributed by atoms with Crippen LogP contribution in [0.15, 0.2) is 30.3 Å². The van der Waals surface area contributed by atoms with E-state index >= 15 is 0 Å². The molecule has 4 nitrogen and oxygen atoms in total. The van der Waals surface area contributed by atoms with Crippen LogP contribution in [0.5, 0.6) is 0 Å². The van der Waals surface area contributed by atoms with Crippen molar-refractivity contribution in [2.24, 2.45) is 5.41 Å². The molecule has 1 aromatic carbocycles. The van der Waals surface area contributed by atoms with Crippen LogP contribution in [0.25, 0.3) is 0 Å². The van der Waals surface area contributed by atoms with E-state index in [9.17, 15) is 4.79 Å². The van der Waals surface area contributed by atoms with Gasteiger partial charge in [-0.25, -0.2) is 4.79 Å². The largest absolute Gasteiger partial charge is 0.445 e. The van der Waals surface area contributed by atoms with E-state index in [4.69, 9.17) is 4.74 Å². The van der Waals surface area contributed by atoms with Crippen molar-refractivity contribution in [3.63, 3.8) is 0 Å². The molecule has 1 spiro atoms. The summed E-state index contributed by atoms with van der Waals surface area (Å²) >= 11 is 0. The third-order valence-electron chi connectivity index (χ3n) is 4.39. The second-order valence-corrected chi connectivity index (χ2v) is 5.62. The van der Waals surface area contributed by atoms with Crippen LogP contribution in [0.3, 0.4) is 0 Å². The maximum atomic E-state index is 12.0. The number of nitrogens with one attached hydrogen (secondary N) is 1. The molecule has 2 fully saturated rings. The van der Waals surface area contributed by atoms with Gasteiger partial charge in [-0.2, -0.15) is 0 Å². The predicted octanol–water partition coefficient (Wildman–Crippen LogP) is 2.01. The van der Waals surface area contributed by atoms with Gasteiger partial charge in [0.15, 0.2) is 0 Å². The smallest absolute Gasteiger partial charge is 0.410 e. The first-order chi connectivity index (χ1) is 9.23. The Balaban J connectivity index is 1.50. The van der Waals surface area contributed by atoms with Crippen molar-refractivity contribution in [1.82, 2.24) is 10.2 Å². The van der Waals surface area contributed by atoms with Crippen molar-refractivity contribution in [3.8, 4) is 0 Å². The minimum Gasteiger partial charge on any atom is -0.445 e. The van der Waals surface area contributed by atoms with Gasteiger partial charge in [-0.05, 0) is 25.5 Å². The van der Waals surface area contributed by atoms with Crippen molar-refractivity contribution in [2.75, 3.05) is 20.1 Å². The fraction of sp³-hybridized carbons (Fsp3) is 0.533. The highest BCUT2D eigenvalue weighted by Crippen LogP contribution is 2.52. The Morgan fingerprint density at radius 1 is 1.47 bits per heavy atom. The van der Waals surface area contributed by atoms with Gasteiger partial charge in [0.25, 0.3) is 0 Å². The topological polar surface area (TPSA) is 41.6 Å². The van der Waals surface area contributed by atoms with Gasteiger partial charge < -0.3 is 15.0 Å². The van der Waals surface area contributed by atoms with E-state index in [1.54, 1.807) is 0 Å². The number of hydrogen-bond donors (Lipinski definition) is 1. The Labute approximate surface area is 113 Å². The summed E-state index contributed by atoms with van der Waals surface area (Å²) in [4.78, 5) is 13.9. The maximum absolute atomic E-state index is 12.0. The molecule has 1 saturated carbocycles. The fourth-order valence-electron chi connectivity index (χ4n) is 3.07. The molecule has 1 amide bonds. The summed E-state index contributed by atoms with van der Waals surface area (Å²) in [6.45, 7) is 2.02. The van der Waals surface area contributed by atoms with Crippen LogP contribution in [-0.4, -0.2) is 37.2 Å². The van der Waals surface area contributed by atoms with Gasteiger partial charge >= 0.3 is 6.09 Å². The summed E-state index contributed by atoms with van der Waals surface area (Å²) < 4.78 is 5.37. The molecule has 1 saturated heterocycles. The standard InChI is InChI=1S/C15H20N2O2/c1-16-13-9-15(13)7-8-17(11-15)14(18)19-10-12-5-3-2-4-6-12/h2-6,13,16H,7-11H2,1H3. The monoisotopic (exact) mass is 260 g/mol. The van der Waals surface area contributed by atoms with Crippen LogP contribution in [-0.2, 0) is 11.3 Å². The first-order valence-electron chi connectivity index (χ1n) is 6.86. The average molecular weight is 260 g/mol. The van der Waals surface area contributed by atoms with Gasteiger partial charge in [0.05, 0.1) is 0 Å². The highest BCUT2D eigenvalue weighted by atomic mass is 16.6. The molecule has 2 unspecified atom stereocenters. The Kier molecular flexibility index (Phi) is 3.19. The Morgan fingerprint density at radius 2 is 2.26 bits per heavy atom. The minimum atomic E-state index is -0.178. The molecule has 19 heavy (non-hydrogen) atoms. The molecular formula is C15H20N2O2.